The van der Waals surface area contributed by atoms with Crippen LogP contribution < -0.4 is 10.1 Å². The van der Waals surface area contributed by atoms with Crippen molar-refractivity contribution in [2.24, 2.45) is 4.99 Å². The summed E-state index contributed by atoms with van der Waals surface area (Å²) in [6.07, 6.45) is 1.67. The second-order valence-electron chi connectivity index (χ2n) is 5.87. The summed E-state index contributed by atoms with van der Waals surface area (Å²) in [6.45, 7) is 4.61. The van der Waals surface area contributed by atoms with Gasteiger partial charge in [0.1, 0.15) is 24.3 Å². The topological polar surface area (TPSA) is 62.9 Å². The molecule has 6 nitrogen and oxygen atoms in total. The molecular weight excluding hydrogens is 360 g/mol. The van der Waals surface area contributed by atoms with Crippen LogP contribution >= 0.6 is 11.3 Å². The Bertz CT molecular complexity index is 831. The van der Waals surface area contributed by atoms with E-state index in [1.54, 1.807) is 17.6 Å². The molecule has 2 aromatic heterocycles. The average molecular weight is 385 g/mol. The Balaban J connectivity index is 1.55. The van der Waals surface area contributed by atoms with Gasteiger partial charge in [0.05, 0.1) is 18.0 Å². The monoisotopic (exact) mass is 384 g/mol. The van der Waals surface area contributed by atoms with Gasteiger partial charge in [0, 0.05) is 13.6 Å². The van der Waals surface area contributed by atoms with Gasteiger partial charge >= 0.3 is 0 Å². The van der Waals surface area contributed by atoms with Crippen LogP contribution in [-0.4, -0.2) is 42.6 Å². The molecule has 0 radical (unpaired) electrons. The van der Waals surface area contributed by atoms with Crippen LogP contribution in [0.3, 0.4) is 0 Å². The molecule has 0 atom stereocenters. The number of para-hydroxylation sites is 1. The fourth-order valence-corrected chi connectivity index (χ4v) is 3.10. The quantitative estimate of drug-likeness (QED) is 0.472. The maximum Gasteiger partial charge on any atom is 0.236 e. The van der Waals surface area contributed by atoms with E-state index in [0.717, 1.165) is 35.4 Å². The van der Waals surface area contributed by atoms with Crippen molar-refractivity contribution in [3.8, 4) is 16.5 Å². The van der Waals surface area contributed by atoms with Crippen molar-refractivity contribution in [1.29, 1.82) is 0 Å². The minimum Gasteiger partial charge on any atom is -0.492 e. The van der Waals surface area contributed by atoms with Gasteiger partial charge < -0.3 is 19.4 Å². The third-order valence-electron chi connectivity index (χ3n) is 3.81. The SMILES string of the molecule is CCNC(=NCc1coc(-c2cccs2)n1)N(C)CCOc1ccccc1. The normalized spacial score (nSPS) is 11.4. The predicted octanol–water partition coefficient (Wildman–Crippen LogP) is 3.88. The minimum atomic E-state index is 0.459. The van der Waals surface area contributed by atoms with Crippen molar-refractivity contribution in [2.45, 2.75) is 13.5 Å². The summed E-state index contributed by atoms with van der Waals surface area (Å²) in [6, 6.07) is 13.8. The van der Waals surface area contributed by atoms with E-state index in [0.29, 0.717) is 19.0 Å². The maximum absolute atomic E-state index is 5.76. The first kappa shape index (κ1) is 19.0. The number of nitrogens with one attached hydrogen (secondary N) is 1. The first-order chi connectivity index (χ1) is 13.3. The summed E-state index contributed by atoms with van der Waals surface area (Å²) in [7, 11) is 2.00. The third-order valence-corrected chi connectivity index (χ3v) is 4.67. The Labute approximate surface area is 163 Å². The molecule has 0 amide bonds. The van der Waals surface area contributed by atoms with Crippen LogP contribution in [0.25, 0.3) is 10.8 Å². The number of aromatic nitrogens is 1. The highest BCUT2D eigenvalue weighted by Crippen LogP contribution is 2.23. The van der Waals surface area contributed by atoms with Gasteiger partial charge in [0.25, 0.3) is 0 Å². The van der Waals surface area contributed by atoms with E-state index < -0.39 is 0 Å². The van der Waals surface area contributed by atoms with E-state index in [4.69, 9.17) is 9.15 Å². The summed E-state index contributed by atoms with van der Waals surface area (Å²) in [5.74, 6) is 2.33. The second kappa shape index (κ2) is 9.78. The lowest BCUT2D eigenvalue weighted by atomic mass is 10.3. The highest BCUT2D eigenvalue weighted by atomic mass is 32.1. The third kappa shape index (κ3) is 5.59. The zero-order valence-corrected chi connectivity index (χ0v) is 16.4. The molecule has 0 spiro atoms. The highest BCUT2D eigenvalue weighted by molar-refractivity contribution is 7.13. The molecule has 0 aliphatic rings. The zero-order valence-electron chi connectivity index (χ0n) is 15.6. The van der Waals surface area contributed by atoms with E-state index in [9.17, 15) is 0 Å². The molecule has 0 fully saturated rings. The van der Waals surface area contributed by atoms with E-state index >= 15 is 0 Å². The molecule has 142 valence electrons. The van der Waals surface area contributed by atoms with Crippen molar-refractivity contribution < 1.29 is 9.15 Å². The lowest BCUT2D eigenvalue weighted by molar-refractivity contribution is 0.281. The number of benzene rings is 1. The Morgan fingerprint density at radius 3 is 2.85 bits per heavy atom. The molecule has 0 saturated carbocycles. The van der Waals surface area contributed by atoms with Gasteiger partial charge in [-0.15, -0.1) is 11.3 Å². The van der Waals surface area contributed by atoms with Crippen molar-refractivity contribution in [1.82, 2.24) is 15.2 Å². The van der Waals surface area contributed by atoms with Crippen LogP contribution in [0.15, 0.2) is 63.5 Å². The molecule has 1 aromatic carbocycles. The summed E-state index contributed by atoms with van der Waals surface area (Å²) < 4.78 is 11.3. The Morgan fingerprint density at radius 2 is 2.11 bits per heavy atom. The van der Waals surface area contributed by atoms with Crippen molar-refractivity contribution in [2.75, 3.05) is 26.7 Å². The van der Waals surface area contributed by atoms with E-state index in [2.05, 4.69) is 22.2 Å². The van der Waals surface area contributed by atoms with Gasteiger partial charge in [-0.1, -0.05) is 24.3 Å². The Morgan fingerprint density at radius 1 is 1.26 bits per heavy atom. The standard InChI is InChI=1S/C20H24N4O2S/c1-3-21-20(24(2)11-12-25-17-8-5-4-6-9-17)22-14-16-15-26-19(23-16)18-10-7-13-27-18/h4-10,13,15H,3,11-12,14H2,1-2H3,(H,21,22). The summed E-state index contributed by atoms with van der Waals surface area (Å²) in [5.41, 5.74) is 0.808. The lowest BCUT2D eigenvalue weighted by Crippen LogP contribution is -2.40. The highest BCUT2D eigenvalue weighted by Gasteiger charge is 2.09. The second-order valence-corrected chi connectivity index (χ2v) is 6.82. The van der Waals surface area contributed by atoms with E-state index in [1.807, 2.05) is 59.8 Å². The van der Waals surface area contributed by atoms with Crippen LogP contribution in [0, 0.1) is 0 Å². The molecule has 0 saturated heterocycles. The average Bonchev–Trinajstić information content (AvgIpc) is 3.37. The van der Waals surface area contributed by atoms with Gasteiger partial charge in [-0.05, 0) is 30.5 Å². The number of hydrogen-bond acceptors (Lipinski definition) is 5. The van der Waals surface area contributed by atoms with Crippen molar-refractivity contribution in [3.63, 3.8) is 0 Å². The first-order valence-electron chi connectivity index (χ1n) is 8.92. The smallest absolute Gasteiger partial charge is 0.236 e. The summed E-state index contributed by atoms with van der Waals surface area (Å²) >= 11 is 1.61. The maximum atomic E-state index is 5.76. The van der Waals surface area contributed by atoms with Gasteiger partial charge in [-0.3, -0.25) is 0 Å². The number of guanidine groups is 1. The predicted molar refractivity (Wildman–Crippen MR) is 109 cm³/mol. The number of oxazole rings is 1. The number of hydrogen-bond donors (Lipinski definition) is 1. The molecule has 0 bridgehead atoms. The van der Waals surface area contributed by atoms with Crippen LogP contribution in [0.1, 0.15) is 12.6 Å². The number of nitrogens with zero attached hydrogens (tertiary/aromatic N) is 3. The van der Waals surface area contributed by atoms with Crippen LogP contribution in [0.2, 0.25) is 0 Å². The van der Waals surface area contributed by atoms with Crippen LogP contribution in [0.4, 0.5) is 0 Å². The number of rotatable bonds is 8. The van der Waals surface area contributed by atoms with Gasteiger partial charge in [0.2, 0.25) is 5.89 Å². The Kier molecular flexibility index (Phi) is 6.87. The summed E-state index contributed by atoms with van der Waals surface area (Å²) in [4.78, 5) is 12.2. The largest absolute Gasteiger partial charge is 0.492 e. The van der Waals surface area contributed by atoms with Gasteiger partial charge in [-0.25, -0.2) is 9.98 Å². The zero-order chi connectivity index (χ0) is 18.9. The molecule has 7 heteroatoms. The van der Waals surface area contributed by atoms with Crippen LogP contribution in [-0.2, 0) is 6.54 Å². The van der Waals surface area contributed by atoms with Gasteiger partial charge in [0.15, 0.2) is 5.96 Å². The molecular formula is C20H24N4O2S. The van der Waals surface area contributed by atoms with Crippen molar-refractivity contribution in [3.05, 3.63) is 59.8 Å². The van der Waals surface area contributed by atoms with E-state index in [-0.39, 0.29) is 0 Å². The fraction of sp³-hybridized carbons (Fsp3) is 0.300. The van der Waals surface area contributed by atoms with Crippen LogP contribution in [0.5, 0.6) is 5.75 Å². The number of thiophene rings is 1. The first-order valence-corrected chi connectivity index (χ1v) is 9.80. The molecule has 2 heterocycles. The van der Waals surface area contributed by atoms with E-state index in [1.165, 1.54) is 0 Å². The fourth-order valence-electron chi connectivity index (χ4n) is 2.44. The Hall–Kier alpha value is -2.80. The molecule has 3 rings (SSSR count). The molecule has 3 aromatic rings. The molecule has 0 aliphatic carbocycles. The number of likely N-dealkylation sites (N-methyl/N-ethyl adjacent to an activating group) is 1. The summed E-state index contributed by atoms with van der Waals surface area (Å²) in [5, 5.41) is 5.31. The minimum absolute atomic E-state index is 0.459. The molecule has 1 N–H and O–H groups in total. The molecule has 27 heavy (non-hydrogen) atoms. The number of ether oxygens (including phenoxy) is 1. The number of aliphatic imine (C=N–C) groups is 1. The van der Waals surface area contributed by atoms with Crippen molar-refractivity contribution >= 4 is 17.3 Å². The van der Waals surface area contributed by atoms with Gasteiger partial charge in [-0.2, -0.15) is 0 Å². The molecule has 0 aliphatic heterocycles. The molecule has 0 unspecified atom stereocenters. The lowest BCUT2D eigenvalue weighted by Gasteiger charge is -2.22.